The second kappa shape index (κ2) is 21.9. The third kappa shape index (κ3) is 14.3. The Hall–Kier alpha value is -7.44. The summed E-state index contributed by atoms with van der Waals surface area (Å²) in [6, 6.07) is 9.34. The molecule has 0 aliphatic carbocycles. The first-order chi connectivity index (χ1) is 30.0. The van der Waals surface area contributed by atoms with Gasteiger partial charge in [-0.05, 0) is 71.8 Å². The van der Waals surface area contributed by atoms with Gasteiger partial charge >= 0.3 is 0 Å². The summed E-state index contributed by atoms with van der Waals surface area (Å²) >= 11 is 0. The van der Waals surface area contributed by atoms with Crippen molar-refractivity contribution in [2.75, 3.05) is 0 Å². The summed E-state index contributed by atoms with van der Waals surface area (Å²) in [5.74, 6) is -6.02. The van der Waals surface area contributed by atoms with Gasteiger partial charge in [-0.1, -0.05) is 50.2 Å². The fourth-order valence-electron chi connectivity index (χ4n) is 6.95. The molecule has 5 rings (SSSR count). The molecule has 0 saturated carbocycles. The molecule has 0 bridgehead atoms. The summed E-state index contributed by atoms with van der Waals surface area (Å²) in [4.78, 5) is 105. The molecule has 19 nitrogen and oxygen atoms in total. The van der Waals surface area contributed by atoms with E-state index < -0.39 is 77.6 Å². The van der Waals surface area contributed by atoms with Gasteiger partial charge in [0.1, 0.15) is 53.5 Å². The third-order valence-electron chi connectivity index (χ3n) is 10.3. The lowest BCUT2D eigenvalue weighted by atomic mass is 9.99. The zero-order valence-corrected chi connectivity index (χ0v) is 34.8. The number of aromatic nitrogens is 2. The van der Waals surface area contributed by atoms with E-state index >= 15 is 0 Å². The van der Waals surface area contributed by atoms with Crippen LogP contribution in [0.3, 0.4) is 0 Å². The van der Waals surface area contributed by atoms with Gasteiger partial charge in [0.05, 0.1) is 6.33 Å². The van der Waals surface area contributed by atoms with E-state index in [2.05, 4.69) is 41.9 Å². The van der Waals surface area contributed by atoms with Crippen molar-refractivity contribution in [3.05, 3.63) is 108 Å². The van der Waals surface area contributed by atoms with Crippen LogP contribution < -0.4 is 37.6 Å². The number of rotatable bonds is 13. The molecule has 1 aliphatic heterocycles. The maximum absolute atomic E-state index is 14.4. The molecule has 0 spiro atoms. The summed E-state index contributed by atoms with van der Waals surface area (Å²) in [5.41, 5.74) is 7.41. The van der Waals surface area contributed by atoms with Crippen LogP contribution in [0.5, 0.6) is 17.2 Å². The molecule has 63 heavy (non-hydrogen) atoms. The molecule has 2 heterocycles. The lowest BCUT2D eigenvalue weighted by Crippen LogP contribution is -2.62. The van der Waals surface area contributed by atoms with Crippen molar-refractivity contribution >= 4 is 41.4 Å². The standard InChI is InChI=1S/C44H53N9O10/c1-24(2)17-33-40(59)51-36(20-27-7-13-31(56)14-8-27)43(62)53-37(21-28-22-46-23-47-28)44(63)52-34(18-25-3-9-29(54)10-4-25)41(60)48-32(15-16-38(45)57)39(58)50-35(42(61)49-33)19-26-5-11-30(55)12-6-26/h3-14,22-24,32-37,54-56H,15-21H2,1-2H3,(H2,45,57)(H,46,47)(H,48,60)(H,49,61)(H,50,58)(H,51,59)(H,52,63)(H,53,62)/t32-,33-,34-,35-,36-,37-/m0/s1. The van der Waals surface area contributed by atoms with Gasteiger partial charge in [0, 0.05) is 44.0 Å². The molecule has 1 fully saturated rings. The minimum absolute atomic E-state index is 0.0352. The Bertz CT molecular complexity index is 2220. The van der Waals surface area contributed by atoms with Crippen LogP contribution in [0.1, 0.15) is 55.5 Å². The Morgan fingerprint density at radius 3 is 1.22 bits per heavy atom. The fraction of sp³-hybridized carbons (Fsp3) is 0.364. The molecule has 1 aliphatic rings. The first-order valence-corrected chi connectivity index (χ1v) is 20.4. The lowest BCUT2D eigenvalue weighted by Gasteiger charge is -2.29. The molecule has 6 atom stereocenters. The zero-order chi connectivity index (χ0) is 45.6. The molecule has 1 aromatic heterocycles. The van der Waals surface area contributed by atoms with Crippen molar-refractivity contribution in [3.8, 4) is 17.2 Å². The first-order valence-electron chi connectivity index (χ1n) is 20.4. The van der Waals surface area contributed by atoms with E-state index in [0.29, 0.717) is 22.4 Å². The number of nitrogens with two attached hydrogens (primary N) is 1. The molecule has 7 amide bonds. The number of H-pyrrole nitrogens is 1. The second-order valence-corrected chi connectivity index (χ2v) is 15.9. The Labute approximate surface area is 363 Å². The van der Waals surface area contributed by atoms with Gasteiger partial charge in [0.15, 0.2) is 0 Å². The number of aromatic amines is 1. The Balaban J connectivity index is 1.60. The maximum Gasteiger partial charge on any atom is 0.243 e. The summed E-state index contributed by atoms with van der Waals surface area (Å²) in [6.07, 6.45) is 1.67. The van der Waals surface area contributed by atoms with Crippen molar-refractivity contribution in [2.24, 2.45) is 11.7 Å². The van der Waals surface area contributed by atoms with E-state index in [1.165, 1.54) is 73.2 Å². The van der Waals surface area contributed by atoms with Gasteiger partial charge < -0.3 is 57.9 Å². The maximum atomic E-state index is 14.4. The zero-order valence-electron chi connectivity index (χ0n) is 34.8. The van der Waals surface area contributed by atoms with Gasteiger partial charge in [0.25, 0.3) is 0 Å². The predicted molar refractivity (Wildman–Crippen MR) is 227 cm³/mol. The number of nitrogens with zero attached hydrogens (tertiary/aromatic N) is 1. The number of nitrogens with one attached hydrogen (secondary N) is 7. The molecule has 0 radical (unpaired) electrons. The van der Waals surface area contributed by atoms with E-state index in [9.17, 15) is 48.9 Å². The monoisotopic (exact) mass is 867 g/mol. The van der Waals surface area contributed by atoms with Crippen molar-refractivity contribution in [1.82, 2.24) is 41.9 Å². The largest absolute Gasteiger partial charge is 0.508 e. The summed E-state index contributed by atoms with van der Waals surface area (Å²) in [7, 11) is 0. The molecular formula is C44H53N9O10. The number of imidazole rings is 1. The van der Waals surface area contributed by atoms with Crippen molar-refractivity contribution in [3.63, 3.8) is 0 Å². The molecule has 334 valence electrons. The average molecular weight is 868 g/mol. The quantitative estimate of drug-likeness (QED) is 0.0852. The van der Waals surface area contributed by atoms with Crippen LogP contribution in [0, 0.1) is 5.92 Å². The number of hydrogen-bond donors (Lipinski definition) is 11. The summed E-state index contributed by atoms with van der Waals surface area (Å²) < 4.78 is 0. The molecule has 4 aromatic rings. The third-order valence-corrected chi connectivity index (χ3v) is 10.3. The molecule has 1 saturated heterocycles. The smallest absolute Gasteiger partial charge is 0.243 e. The van der Waals surface area contributed by atoms with Gasteiger partial charge in [-0.15, -0.1) is 0 Å². The minimum atomic E-state index is -1.48. The van der Waals surface area contributed by atoms with Crippen LogP contribution >= 0.6 is 0 Å². The van der Waals surface area contributed by atoms with Crippen molar-refractivity contribution in [1.29, 1.82) is 0 Å². The number of phenols is 3. The van der Waals surface area contributed by atoms with Gasteiger partial charge in [-0.2, -0.15) is 0 Å². The number of aromatic hydroxyl groups is 3. The fourth-order valence-corrected chi connectivity index (χ4v) is 6.95. The minimum Gasteiger partial charge on any atom is -0.508 e. The van der Waals surface area contributed by atoms with E-state index in [1.807, 2.05) is 13.8 Å². The van der Waals surface area contributed by atoms with E-state index in [0.717, 1.165) is 0 Å². The first kappa shape index (κ1) is 46.6. The molecule has 0 unspecified atom stereocenters. The van der Waals surface area contributed by atoms with E-state index in [-0.39, 0.29) is 68.1 Å². The molecule has 19 heteroatoms. The number of phenolic OH excluding ortho intramolecular Hbond substituents is 3. The summed E-state index contributed by atoms with van der Waals surface area (Å²) in [6.45, 7) is 3.64. The number of primary amides is 1. The number of hydrogen-bond acceptors (Lipinski definition) is 11. The van der Waals surface area contributed by atoms with Crippen LogP contribution in [-0.4, -0.2) is 103 Å². The normalized spacial score (nSPS) is 21.8. The Morgan fingerprint density at radius 2 is 0.873 bits per heavy atom. The highest BCUT2D eigenvalue weighted by atomic mass is 16.3. The molecular weight excluding hydrogens is 815 g/mol. The Morgan fingerprint density at radius 1 is 0.540 bits per heavy atom. The highest BCUT2D eigenvalue weighted by Crippen LogP contribution is 2.17. The summed E-state index contributed by atoms with van der Waals surface area (Å²) in [5, 5.41) is 46.0. The van der Waals surface area contributed by atoms with E-state index in [4.69, 9.17) is 5.73 Å². The van der Waals surface area contributed by atoms with Crippen molar-refractivity contribution in [2.45, 2.75) is 95.0 Å². The average Bonchev–Trinajstić information content (AvgIpc) is 3.76. The molecule has 3 aromatic carbocycles. The lowest BCUT2D eigenvalue weighted by molar-refractivity contribution is -0.137. The predicted octanol–water partition coefficient (Wildman–Crippen LogP) is 0.0311. The van der Waals surface area contributed by atoms with Gasteiger partial charge in [-0.25, -0.2) is 4.98 Å². The number of benzene rings is 3. The topological polar surface area (TPSA) is 307 Å². The number of amides is 7. The Kier molecular flexibility index (Phi) is 16.2. The van der Waals surface area contributed by atoms with Crippen LogP contribution in [0.15, 0.2) is 85.3 Å². The van der Waals surface area contributed by atoms with E-state index in [1.54, 1.807) is 12.1 Å². The second-order valence-electron chi connectivity index (χ2n) is 15.9. The van der Waals surface area contributed by atoms with Crippen LogP contribution in [0.25, 0.3) is 0 Å². The highest BCUT2D eigenvalue weighted by Gasteiger charge is 2.36. The highest BCUT2D eigenvalue weighted by molar-refractivity contribution is 5.98. The van der Waals surface area contributed by atoms with Crippen LogP contribution in [0.4, 0.5) is 0 Å². The van der Waals surface area contributed by atoms with Gasteiger partial charge in [0.2, 0.25) is 41.4 Å². The van der Waals surface area contributed by atoms with Gasteiger partial charge in [-0.3, -0.25) is 33.6 Å². The number of carbonyl (C=O) groups is 7. The van der Waals surface area contributed by atoms with Crippen molar-refractivity contribution < 1.29 is 48.9 Å². The SMILES string of the molecule is CC(C)C[C@@H]1NC(=O)[C@H](Cc2ccc(O)cc2)NC(=O)[C@H](CCC(N)=O)NC(=O)[C@H](Cc2ccc(O)cc2)NC(=O)[C@H](Cc2cnc[nH]2)NC(=O)[C@H](Cc2ccc(O)cc2)NC1=O. The number of carbonyl (C=O) groups excluding carboxylic acids is 7. The molecule has 12 N–H and O–H groups in total. The van der Waals surface area contributed by atoms with Crippen LogP contribution in [-0.2, 0) is 59.2 Å². The van der Waals surface area contributed by atoms with Crippen LogP contribution in [0.2, 0.25) is 0 Å².